The average molecular weight is 329 g/mol. The lowest BCUT2D eigenvalue weighted by atomic mass is 9.80. The molecule has 130 valence electrons. The fraction of sp³-hybridized carbons (Fsp3) is 0.526. The Labute approximate surface area is 143 Å². The number of ether oxygens (including phenoxy) is 1. The van der Waals surface area contributed by atoms with E-state index in [1.54, 1.807) is 0 Å². The van der Waals surface area contributed by atoms with E-state index < -0.39 is 0 Å². The lowest BCUT2D eigenvalue weighted by molar-refractivity contribution is -0.0320. The molecule has 5 heteroatoms. The van der Waals surface area contributed by atoms with Crippen molar-refractivity contribution >= 4 is 0 Å². The summed E-state index contributed by atoms with van der Waals surface area (Å²) in [7, 11) is 2.12. The van der Waals surface area contributed by atoms with E-state index in [-0.39, 0.29) is 12.0 Å². The van der Waals surface area contributed by atoms with E-state index in [1.807, 2.05) is 18.6 Å². The second kappa shape index (κ2) is 7.92. The molecular weight excluding hydrogens is 302 g/mol. The van der Waals surface area contributed by atoms with Gasteiger partial charge in [0.1, 0.15) is 0 Å². The number of aromatic nitrogens is 2. The van der Waals surface area contributed by atoms with Gasteiger partial charge >= 0.3 is 0 Å². The first kappa shape index (κ1) is 17.1. The van der Waals surface area contributed by atoms with Gasteiger partial charge in [0.05, 0.1) is 18.6 Å². The van der Waals surface area contributed by atoms with E-state index in [2.05, 4.69) is 45.8 Å². The minimum Gasteiger partial charge on any atom is -0.396 e. The molecule has 0 amide bonds. The van der Waals surface area contributed by atoms with Gasteiger partial charge in [0.25, 0.3) is 0 Å². The highest BCUT2D eigenvalue weighted by Gasteiger charge is 2.33. The number of aliphatic hydroxyl groups is 1. The number of nitrogens with zero attached hydrogens (tertiary/aromatic N) is 3. The molecular formula is C19H27N3O2. The summed E-state index contributed by atoms with van der Waals surface area (Å²) in [6.45, 7) is 4.27. The number of imidazole rings is 1. The second-order valence-corrected chi connectivity index (χ2v) is 6.94. The van der Waals surface area contributed by atoms with Crippen molar-refractivity contribution in [2.24, 2.45) is 5.41 Å². The summed E-state index contributed by atoms with van der Waals surface area (Å²) >= 11 is 0. The van der Waals surface area contributed by atoms with Crippen molar-refractivity contribution in [2.45, 2.75) is 25.9 Å². The van der Waals surface area contributed by atoms with Crippen LogP contribution in [0.2, 0.25) is 0 Å². The Morgan fingerprint density at radius 2 is 2.00 bits per heavy atom. The van der Waals surface area contributed by atoms with Crippen LogP contribution in [0.15, 0.2) is 42.9 Å². The highest BCUT2D eigenvalue weighted by molar-refractivity contribution is 5.16. The molecule has 24 heavy (non-hydrogen) atoms. The third-order valence-corrected chi connectivity index (χ3v) is 4.92. The van der Waals surface area contributed by atoms with Crippen molar-refractivity contribution < 1.29 is 9.84 Å². The first-order valence-corrected chi connectivity index (χ1v) is 8.61. The smallest absolute Gasteiger partial charge is 0.0951 e. The monoisotopic (exact) mass is 329 g/mol. The van der Waals surface area contributed by atoms with Crippen molar-refractivity contribution in [1.29, 1.82) is 0 Å². The van der Waals surface area contributed by atoms with Gasteiger partial charge < -0.3 is 14.4 Å². The Balaban J connectivity index is 1.62. The molecule has 0 bridgehead atoms. The minimum absolute atomic E-state index is 0.0305. The van der Waals surface area contributed by atoms with Crippen LogP contribution < -0.4 is 0 Å². The number of benzene rings is 1. The zero-order valence-corrected chi connectivity index (χ0v) is 14.4. The maximum absolute atomic E-state index is 9.87. The van der Waals surface area contributed by atoms with E-state index in [1.165, 1.54) is 11.3 Å². The first-order valence-electron chi connectivity index (χ1n) is 8.61. The van der Waals surface area contributed by atoms with Crippen molar-refractivity contribution in [1.82, 2.24) is 14.5 Å². The van der Waals surface area contributed by atoms with Crippen LogP contribution in [0.3, 0.4) is 0 Å². The van der Waals surface area contributed by atoms with Crippen LogP contribution in [-0.2, 0) is 17.8 Å². The van der Waals surface area contributed by atoms with Crippen LogP contribution in [0.1, 0.15) is 24.1 Å². The Morgan fingerprint density at radius 3 is 2.71 bits per heavy atom. The molecule has 1 aliphatic heterocycles. The van der Waals surface area contributed by atoms with Crippen molar-refractivity contribution in [3.05, 3.63) is 54.1 Å². The van der Waals surface area contributed by atoms with Crippen molar-refractivity contribution in [3.8, 4) is 0 Å². The van der Waals surface area contributed by atoms with Crippen LogP contribution >= 0.6 is 0 Å². The van der Waals surface area contributed by atoms with Crippen LogP contribution in [0.25, 0.3) is 0 Å². The summed E-state index contributed by atoms with van der Waals surface area (Å²) < 4.78 is 7.65. The van der Waals surface area contributed by atoms with Gasteiger partial charge in [-0.3, -0.25) is 4.90 Å². The number of rotatable bonds is 7. The summed E-state index contributed by atoms with van der Waals surface area (Å²) in [5.74, 6) is 0. The van der Waals surface area contributed by atoms with Crippen LogP contribution in [0, 0.1) is 5.41 Å². The molecule has 1 aromatic heterocycles. The normalized spacial score (nSPS) is 17.3. The predicted molar refractivity (Wildman–Crippen MR) is 93.7 cm³/mol. The molecule has 3 rings (SSSR count). The quantitative estimate of drug-likeness (QED) is 0.846. The molecule has 1 fully saturated rings. The molecule has 0 radical (unpaired) electrons. The van der Waals surface area contributed by atoms with E-state index >= 15 is 0 Å². The highest BCUT2D eigenvalue weighted by atomic mass is 16.5. The molecule has 0 aliphatic carbocycles. The minimum atomic E-state index is -0.0305. The van der Waals surface area contributed by atoms with Crippen LogP contribution in [-0.4, -0.2) is 53.0 Å². The van der Waals surface area contributed by atoms with Crippen molar-refractivity contribution in [2.75, 3.05) is 33.4 Å². The standard InChI is InChI=1S/C19H27N3O2/c1-21(14-19(15-23)7-9-24-10-8-19)13-18-11-20-16-22(18)12-17-5-3-2-4-6-17/h2-6,11,16,23H,7-10,12-15H2,1H3. The second-order valence-electron chi connectivity index (χ2n) is 6.94. The molecule has 1 aromatic carbocycles. The van der Waals surface area contributed by atoms with Crippen LogP contribution in [0.4, 0.5) is 0 Å². The molecule has 1 saturated heterocycles. The molecule has 2 aromatic rings. The number of hydrogen-bond acceptors (Lipinski definition) is 4. The van der Waals surface area contributed by atoms with Gasteiger partial charge in [0, 0.05) is 44.5 Å². The molecule has 2 heterocycles. The Hall–Kier alpha value is -1.69. The Bertz CT molecular complexity index is 621. The van der Waals surface area contributed by atoms with Gasteiger partial charge in [-0.1, -0.05) is 30.3 Å². The molecule has 0 unspecified atom stereocenters. The summed E-state index contributed by atoms with van der Waals surface area (Å²) in [5, 5.41) is 9.87. The number of aliphatic hydroxyl groups excluding tert-OH is 1. The van der Waals surface area contributed by atoms with Gasteiger partial charge in [-0.15, -0.1) is 0 Å². The molecule has 5 nitrogen and oxygen atoms in total. The molecule has 1 aliphatic rings. The predicted octanol–water partition coefficient (Wildman–Crippen LogP) is 2.15. The third-order valence-electron chi connectivity index (χ3n) is 4.92. The lowest BCUT2D eigenvalue weighted by Gasteiger charge is -2.38. The Morgan fingerprint density at radius 1 is 1.25 bits per heavy atom. The third kappa shape index (κ3) is 4.23. The average Bonchev–Trinajstić information content (AvgIpc) is 3.03. The molecule has 1 N–H and O–H groups in total. The van der Waals surface area contributed by atoms with Gasteiger partial charge in [0.15, 0.2) is 0 Å². The van der Waals surface area contributed by atoms with Crippen molar-refractivity contribution in [3.63, 3.8) is 0 Å². The van der Waals surface area contributed by atoms with Gasteiger partial charge in [-0.2, -0.15) is 0 Å². The largest absolute Gasteiger partial charge is 0.396 e. The molecule has 0 saturated carbocycles. The van der Waals surface area contributed by atoms with Gasteiger partial charge in [-0.25, -0.2) is 4.98 Å². The van der Waals surface area contributed by atoms with E-state index in [9.17, 15) is 5.11 Å². The van der Waals surface area contributed by atoms with Gasteiger partial charge in [-0.05, 0) is 25.5 Å². The topological polar surface area (TPSA) is 50.5 Å². The SMILES string of the molecule is CN(Cc1cncn1Cc1ccccc1)CC1(CO)CCOCC1. The summed E-state index contributed by atoms with van der Waals surface area (Å²) in [6, 6.07) is 10.4. The maximum Gasteiger partial charge on any atom is 0.0951 e. The van der Waals surface area contributed by atoms with Crippen LogP contribution in [0.5, 0.6) is 0 Å². The van der Waals surface area contributed by atoms with E-state index in [4.69, 9.17) is 4.74 Å². The maximum atomic E-state index is 9.87. The fourth-order valence-electron chi connectivity index (χ4n) is 3.48. The fourth-order valence-corrected chi connectivity index (χ4v) is 3.48. The molecule has 0 spiro atoms. The van der Waals surface area contributed by atoms with E-state index in [0.717, 1.165) is 45.7 Å². The summed E-state index contributed by atoms with van der Waals surface area (Å²) in [5.41, 5.74) is 2.44. The zero-order valence-electron chi connectivity index (χ0n) is 14.4. The molecule has 0 atom stereocenters. The zero-order chi connectivity index (χ0) is 16.8. The first-order chi connectivity index (χ1) is 11.7. The Kier molecular flexibility index (Phi) is 5.66. The lowest BCUT2D eigenvalue weighted by Crippen LogP contribution is -2.42. The summed E-state index contributed by atoms with van der Waals surface area (Å²) in [6.07, 6.45) is 5.69. The highest BCUT2D eigenvalue weighted by Crippen LogP contribution is 2.31. The summed E-state index contributed by atoms with van der Waals surface area (Å²) in [4.78, 5) is 6.61. The van der Waals surface area contributed by atoms with Gasteiger partial charge in [0.2, 0.25) is 0 Å². The van der Waals surface area contributed by atoms with E-state index in [0.29, 0.717) is 0 Å². The number of hydrogen-bond donors (Lipinski definition) is 1.